The number of halogens is 2. The second-order valence-corrected chi connectivity index (χ2v) is 29.3. The minimum absolute atomic E-state index is 0. The van der Waals surface area contributed by atoms with Gasteiger partial charge in [-0.2, -0.15) is 8.42 Å². The number of hydrogen-bond donors (Lipinski definition) is 10. The van der Waals surface area contributed by atoms with Crippen LogP contribution < -0.4 is 81.1 Å². The maximum atomic E-state index is 13.2. The maximum absolute atomic E-state index is 13.2. The number of likely N-dealkylation sites (N-methyl/N-ethyl adjacent to an activating group) is 1. The average Bonchev–Trinajstić information content (AvgIpc) is 1.57. The summed E-state index contributed by atoms with van der Waals surface area (Å²) in [4.78, 5) is 128. The Hall–Kier alpha value is -13.8. The largest absolute Gasteiger partial charge is 1.00 e. The van der Waals surface area contributed by atoms with Gasteiger partial charge in [-0.05, 0) is 166 Å². The van der Waals surface area contributed by atoms with Gasteiger partial charge >= 0.3 is 41.5 Å². The molecular weight excluding hydrogens is 1720 g/mol. The van der Waals surface area contributed by atoms with E-state index in [0.29, 0.717) is 108 Å². The topological polar surface area (TPSA) is 479 Å². The summed E-state index contributed by atoms with van der Waals surface area (Å²) < 4.78 is 47.4. The van der Waals surface area contributed by atoms with E-state index in [9.17, 15) is 56.7 Å². The van der Waals surface area contributed by atoms with Crippen LogP contribution in [0.2, 0.25) is 0 Å². The number of anilines is 3. The van der Waals surface area contributed by atoms with Crippen LogP contribution in [0.3, 0.4) is 0 Å². The van der Waals surface area contributed by atoms with Crippen molar-refractivity contribution in [2.75, 3.05) is 97.7 Å². The number of aromatic amines is 2. The van der Waals surface area contributed by atoms with Gasteiger partial charge < -0.3 is 85.5 Å². The number of para-hydroxylation sites is 6. The standard InChI is InChI=1S/C21H20N2O3.C17H13NO4.C17H11NO3.C9H10O3.C8H8N2O2.C8H5NO2.C6H7N.C4H10ClN.C2H4O2.CH4O3S.ClH.Na/c1-23(2)10-11-26-21-19-14-9-8-13(25-3)12-16(14)20(24)18(19)15-6-4-5-7-17(15)22-21;1-22-11-8-6-10(7-9-11)14-15(17(20)21)12-4-2-3-5-13(12)18-16(14)19;1-21-9-6-7-10-12(8-9)16(19)14-11-4-2-3-5-13(11)18-17(20)15(10)14;10-6-8-3-1-7(2-4-8)5-9(11)12;11-8(6-9-12)10-7-4-2-1-3-5-7;10-7-5-3-1-2-4-6(5)9-8(7)11;7-6-4-2-1-3-5-6;1-6(2)4-3-5;1-2(3)4;1-5(2,3)4;;/h4-9,12H,10-11H2,1-3H3;2-9H,1H3,(H,18,19)(H,20,21);2-8H,1H3,(H,18,20);1-4,10H,5-6H2,(H,11,12);1-6,12H,(H,10,11);1-4H,(H,9,10,11);1-5H,7H2;3-4H2,1-2H3;1H3,(H,3,4);1H3,(H,2,3,4);1H;/q;;;;;;;;;;;+1/p-1/b;;;;9-6+;;;;;;;. The van der Waals surface area contributed by atoms with Gasteiger partial charge in [0.05, 0.1) is 79.6 Å². The number of alkyl halides is 1. The van der Waals surface area contributed by atoms with Crippen molar-refractivity contribution in [2.24, 2.45) is 5.16 Å². The third-order valence-electron chi connectivity index (χ3n) is 17.7. The second kappa shape index (κ2) is 51.6. The predicted molar refractivity (Wildman–Crippen MR) is 489 cm³/mol. The molecule has 2 amide bonds. The molecule has 31 nitrogen and oxygen atoms in total. The number of rotatable bonds is 16. The molecule has 128 heavy (non-hydrogen) atoms. The summed E-state index contributed by atoms with van der Waals surface area (Å²) in [5, 5.41) is 53.3. The summed E-state index contributed by atoms with van der Waals surface area (Å²) in [5.41, 5.74) is 16.5. The molecule has 0 radical (unpaired) electrons. The number of aliphatic carboxylic acids is 2. The third-order valence-corrected chi connectivity index (χ3v) is 17.9. The Bertz CT molecular complexity index is 6300. The molecule has 0 unspecified atom stereocenters. The fourth-order valence-electron chi connectivity index (χ4n) is 12.1. The minimum atomic E-state index is -3.67. The number of benzene rings is 10. The number of ether oxygens (including phenoxy) is 4. The van der Waals surface area contributed by atoms with Crippen LogP contribution in [-0.4, -0.2) is 193 Å². The van der Waals surface area contributed by atoms with Gasteiger partial charge in [0.1, 0.15) is 30.1 Å². The van der Waals surface area contributed by atoms with E-state index in [1.807, 2.05) is 129 Å². The van der Waals surface area contributed by atoms with Crippen LogP contribution >= 0.6 is 24.0 Å². The Morgan fingerprint density at radius 2 is 1.02 bits per heavy atom. The molecule has 0 saturated carbocycles. The van der Waals surface area contributed by atoms with Crippen LogP contribution in [0.25, 0.3) is 66.1 Å². The smallest absolute Gasteiger partial charge is 0.550 e. The molecule has 0 atom stereocenters. The molecule has 3 aliphatic rings. The molecule has 3 aromatic heterocycles. The van der Waals surface area contributed by atoms with Gasteiger partial charge in [0, 0.05) is 85.8 Å². The molecule has 10 aromatic carbocycles. The summed E-state index contributed by atoms with van der Waals surface area (Å²) in [7, 11) is 9.02. The average molecular weight is 1810 g/mol. The van der Waals surface area contributed by atoms with Crippen LogP contribution in [0.5, 0.6) is 23.1 Å². The van der Waals surface area contributed by atoms with E-state index < -0.39 is 51.2 Å². The Balaban J connectivity index is 0.000000264. The Morgan fingerprint density at radius 1 is 0.562 bits per heavy atom. The number of aliphatic hydroxyl groups is 1. The number of fused-ring (bicyclic) bond motifs is 12. The fourth-order valence-corrected chi connectivity index (χ4v) is 12.5. The molecule has 4 heterocycles. The number of nitrogen functional groups attached to an aromatic ring is 1. The molecule has 35 heteroatoms. The molecule has 662 valence electrons. The monoisotopic (exact) mass is 1810 g/mol. The van der Waals surface area contributed by atoms with Gasteiger partial charge in [-0.25, -0.2) is 9.78 Å². The van der Waals surface area contributed by atoms with E-state index in [0.717, 1.165) is 76.3 Å². The number of carboxylic acids is 3. The first kappa shape index (κ1) is 105. The maximum Gasteiger partial charge on any atom is 1.00 e. The van der Waals surface area contributed by atoms with Crippen molar-refractivity contribution in [3.63, 3.8) is 0 Å². The van der Waals surface area contributed by atoms with Crippen molar-refractivity contribution in [3.05, 3.63) is 308 Å². The number of aromatic nitrogens is 3. The molecule has 2 aliphatic carbocycles. The number of H-pyrrole nitrogens is 2. The van der Waals surface area contributed by atoms with Crippen molar-refractivity contribution in [3.8, 4) is 56.5 Å². The third kappa shape index (κ3) is 30.8. The van der Waals surface area contributed by atoms with Crippen LogP contribution in [-0.2, 0) is 42.3 Å². The first-order valence-corrected chi connectivity index (χ1v) is 40.4. The molecular formula is C93H92Cl2N9NaO22S. The van der Waals surface area contributed by atoms with Crippen molar-refractivity contribution >= 4 is 137 Å². The number of nitrogens with one attached hydrogen (secondary N) is 4. The number of carbonyl (C=O) groups is 8. The summed E-state index contributed by atoms with van der Waals surface area (Å²) in [6, 6.07) is 71.5. The quantitative estimate of drug-likeness (QED) is 0.00628. The number of aromatic carboxylic acids is 1. The summed E-state index contributed by atoms with van der Waals surface area (Å²) in [6.07, 6.45) is 1.55. The molecule has 0 fully saturated rings. The van der Waals surface area contributed by atoms with Gasteiger partial charge in [0.15, 0.2) is 11.6 Å². The van der Waals surface area contributed by atoms with E-state index in [4.69, 9.17) is 71.1 Å². The first-order chi connectivity index (χ1) is 60.1. The first-order valence-electron chi connectivity index (χ1n) is 38.0. The molecule has 0 spiro atoms. The number of carboxylic acid groups (broad SMARTS) is 3. The number of aliphatic hydroxyl groups excluding tert-OH is 1. The number of amides is 2. The Labute approximate surface area is 769 Å². The number of carbonyl (C=O) groups excluding carboxylic acids is 6. The second-order valence-electron chi connectivity index (χ2n) is 27.5. The molecule has 0 saturated heterocycles. The van der Waals surface area contributed by atoms with Gasteiger partial charge in [-0.15, -0.1) is 24.0 Å². The summed E-state index contributed by atoms with van der Waals surface area (Å²) in [6.45, 7) is 3.21. The zero-order chi connectivity index (χ0) is 92.3. The van der Waals surface area contributed by atoms with E-state index in [1.54, 1.807) is 173 Å². The van der Waals surface area contributed by atoms with Crippen LogP contribution in [0.15, 0.2) is 257 Å². The number of Topliss-reactive ketones (excluding diaryl/α,β-unsaturated/α-hetero) is 1. The van der Waals surface area contributed by atoms with E-state index in [1.165, 1.54) is 0 Å². The number of nitrogens with two attached hydrogens (primary N) is 1. The molecule has 13 aromatic rings. The Kier molecular flexibility index (Phi) is 42.2. The van der Waals surface area contributed by atoms with E-state index in [2.05, 4.69) is 25.8 Å². The number of hydrogen-bond acceptors (Lipinski definition) is 24. The van der Waals surface area contributed by atoms with Gasteiger partial charge in [-0.3, -0.25) is 42.9 Å². The van der Waals surface area contributed by atoms with E-state index >= 15 is 0 Å². The fraction of sp³-hybridized carbons (Fsp3) is 0.161. The number of oxime groups is 1. The normalized spacial score (nSPS) is 11.0. The Morgan fingerprint density at radius 3 is 1.49 bits per heavy atom. The number of methoxy groups -OCH3 is 3. The van der Waals surface area contributed by atoms with E-state index in [-0.39, 0.29) is 83.2 Å². The van der Waals surface area contributed by atoms with Gasteiger partial charge in [0.2, 0.25) is 5.88 Å². The SMILES string of the molecule is CC(=O)[O-].CN(C)CCCl.COc1ccc(-c2c(C(=O)O)c3ccccc3[nH]c2=O)cc1.COc1ccc2c(c1)C(=O)c1c-2c(=O)[nH]c2ccccc12.COc1ccc2c(c1)C(=O)c1c-2c(OCCN(C)C)nc2ccccc12.CS(=O)(=O)O.Cl.Nc1ccccc1.O=C(/C=N/O)Nc1ccccc1.O=C(O)Cc1ccc(CO)cc1.O=C1Nc2ccccc2C1=O.[Na+]. The van der Waals surface area contributed by atoms with Crippen LogP contribution in [0.4, 0.5) is 17.1 Å². The molecule has 0 bridgehead atoms. The van der Waals surface area contributed by atoms with Crippen molar-refractivity contribution in [1.29, 1.82) is 0 Å². The van der Waals surface area contributed by atoms with Crippen molar-refractivity contribution < 1.29 is 125 Å². The van der Waals surface area contributed by atoms with Gasteiger partial charge in [0.25, 0.3) is 38.8 Å². The van der Waals surface area contributed by atoms with Gasteiger partial charge in [-0.1, -0.05) is 145 Å². The zero-order valence-electron chi connectivity index (χ0n) is 71.2. The summed E-state index contributed by atoms with van der Waals surface area (Å²) in [5.74, 6) is -1.47. The number of ketones is 3. The zero-order valence-corrected chi connectivity index (χ0v) is 75.5. The van der Waals surface area contributed by atoms with Crippen LogP contribution in [0.1, 0.15) is 70.6 Å². The van der Waals surface area contributed by atoms with Crippen LogP contribution in [0, 0.1) is 0 Å². The predicted octanol–water partition coefficient (Wildman–Crippen LogP) is 9.50. The summed E-state index contributed by atoms with van der Waals surface area (Å²) >= 11 is 5.35. The number of pyridine rings is 3. The molecule has 1 aliphatic heterocycles. The van der Waals surface area contributed by atoms with Crippen molar-refractivity contribution in [1.82, 2.24) is 24.8 Å². The molecule has 16 rings (SSSR count). The van der Waals surface area contributed by atoms with Crippen molar-refractivity contribution in [2.45, 2.75) is 20.0 Å². The molecule has 11 N–H and O–H groups in total. The minimum Gasteiger partial charge on any atom is -0.550 e. The number of nitrogens with zero attached hydrogens (tertiary/aromatic N) is 4.